The molecule has 0 saturated heterocycles. The molecule has 0 saturated carbocycles. The molecule has 210 valence electrons. The van der Waals surface area contributed by atoms with E-state index in [0.29, 0.717) is 28.3 Å². The van der Waals surface area contributed by atoms with Gasteiger partial charge < -0.3 is 20.1 Å². The van der Waals surface area contributed by atoms with E-state index in [2.05, 4.69) is 21.2 Å². The summed E-state index contributed by atoms with van der Waals surface area (Å²) in [6, 6.07) is 16.2. The summed E-state index contributed by atoms with van der Waals surface area (Å²) in [5.74, 6) is -1.22. The largest absolute Gasteiger partial charge is 0.493 e. The SMILES string of the molecule is COc1cc(C=NNC(=O)C(CC(C)C)NC(=O)c2ccc(Cl)cc2)ccc1OCC(=O)Nc1ccccc1F. The van der Waals surface area contributed by atoms with Crippen LogP contribution in [0.1, 0.15) is 36.2 Å². The van der Waals surface area contributed by atoms with Gasteiger partial charge in [-0.3, -0.25) is 14.4 Å². The summed E-state index contributed by atoms with van der Waals surface area (Å²) in [5, 5.41) is 9.69. The number of hydrogen-bond acceptors (Lipinski definition) is 6. The fourth-order valence-corrected chi connectivity index (χ4v) is 3.70. The van der Waals surface area contributed by atoms with Gasteiger partial charge in [-0.25, -0.2) is 9.82 Å². The smallest absolute Gasteiger partial charge is 0.262 e. The standard InChI is InChI=1S/C29H30ClFN4O5/c1-18(2)14-24(34-28(37)20-9-11-21(30)12-10-20)29(38)35-32-16-19-8-13-25(26(15-19)39-3)40-17-27(36)33-23-7-5-4-6-22(23)31/h4-13,15-16,18,24H,14,17H2,1-3H3,(H,33,36)(H,34,37)(H,35,38). The molecule has 1 unspecified atom stereocenters. The van der Waals surface area contributed by atoms with Gasteiger partial charge in [-0.05, 0) is 72.5 Å². The molecule has 0 aliphatic rings. The van der Waals surface area contributed by atoms with Crippen LogP contribution in [0.3, 0.4) is 0 Å². The lowest BCUT2D eigenvalue weighted by Gasteiger charge is -2.19. The topological polar surface area (TPSA) is 118 Å². The summed E-state index contributed by atoms with van der Waals surface area (Å²) in [4.78, 5) is 37.6. The molecule has 3 amide bonds. The summed E-state index contributed by atoms with van der Waals surface area (Å²) in [6.07, 6.45) is 1.81. The van der Waals surface area contributed by atoms with Gasteiger partial charge in [-0.2, -0.15) is 5.10 Å². The first-order valence-corrected chi connectivity index (χ1v) is 12.8. The van der Waals surface area contributed by atoms with Crippen molar-refractivity contribution < 1.29 is 28.2 Å². The second kappa shape index (κ2) is 14.6. The molecular formula is C29H30ClFN4O5. The average Bonchev–Trinajstić information content (AvgIpc) is 2.93. The summed E-state index contributed by atoms with van der Waals surface area (Å²) < 4.78 is 24.6. The number of rotatable bonds is 12. The van der Waals surface area contributed by atoms with Gasteiger partial charge >= 0.3 is 0 Å². The van der Waals surface area contributed by atoms with Crippen molar-refractivity contribution in [2.45, 2.75) is 26.3 Å². The number of anilines is 1. The second-order valence-corrected chi connectivity index (χ2v) is 9.56. The van der Waals surface area contributed by atoms with Crippen molar-refractivity contribution in [3.05, 3.63) is 88.7 Å². The molecule has 0 aliphatic heterocycles. The van der Waals surface area contributed by atoms with Crippen LogP contribution in [0, 0.1) is 11.7 Å². The van der Waals surface area contributed by atoms with Gasteiger partial charge in [0, 0.05) is 10.6 Å². The number of ether oxygens (including phenoxy) is 2. The number of amides is 3. The van der Waals surface area contributed by atoms with Crippen LogP contribution in [0.2, 0.25) is 5.02 Å². The number of nitrogens with zero attached hydrogens (tertiary/aromatic N) is 1. The molecule has 0 heterocycles. The summed E-state index contributed by atoms with van der Waals surface area (Å²) >= 11 is 5.88. The first-order chi connectivity index (χ1) is 19.2. The van der Waals surface area contributed by atoms with Crippen LogP contribution in [-0.2, 0) is 9.59 Å². The minimum atomic E-state index is -0.804. The second-order valence-electron chi connectivity index (χ2n) is 9.12. The van der Waals surface area contributed by atoms with Gasteiger partial charge in [0.25, 0.3) is 17.7 Å². The third kappa shape index (κ3) is 9.09. The highest BCUT2D eigenvalue weighted by atomic mass is 35.5. The molecule has 1 atom stereocenters. The minimum Gasteiger partial charge on any atom is -0.493 e. The molecule has 40 heavy (non-hydrogen) atoms. The molecule has 3 N–H and O–H groups in total. The Morgan fingerprint density at radius 3 is 2.42 bits per heavy atom. The van der Waals surface area contributed by atoms with Gasteiger partial charge in [-0.1, -0.05) is 37.6 Å². The van der Waals surface area contributed by atoms with E-state index in [1.165, 1.54) is 31.5 Å². The first-order valence-electron chi connectivity index (χ1n) is 12.4. The number of halogens is 2. The molecule has 3 aromatic carbocycles. The lowest BCUT2D eigenvalue weighted by atomic mass is 10.0. The Kier molecular flexibility index (Phi) is 11.0. The van der Waals surface area contributed by atoms with Crippen molar-refractivity contribution in [2.75, 3.05) is 19.0 Å². The maximum atomic E-state index is 13.7. The van der Waals surface area contributed by atoms with Crippen molar-refractivity contribution in [1.29, 1.82) is 0 Å². The Bertz CT molecular complexity index is 1360. The number of para-hydroxylation sites is 1. The highest BCUT2D eigenvalue weighted by Crippen LogP contribution is 2.27. The molecule has 0 fully saturated rings. The van der Waals surface area contributed by atoms with E-state index >= 15 is 0 Å². The Labute approximate surface area is 236 Å². The molecule has 3 aromatic rings. The van der Waals surface area contributed by atoms with Crippen LogP contribution < -0.4 is 25.5 Å². The van der Waals surface area contributed by atoms with E-state index in [-0.39, 0.29) is 24.0 Å². The Balaban J connectivity index is 1.58. The zero-order valence-electron chi connectivity index (χ0n) is 22.2. The first kappa shape index (κ1) is 30.1. The number of methoxy groups -OCH3 is 1. The lowest BCUT2D eigenvalue weighted by molar-refractivity contribution is -0.123. The number of carbonyl (C=O) groups excluding carboxylic acids is 3. The number of hydrazone groups is 1. The van der Waals surface area contributed by atoms with Gasteiger partial charge in [-0.15, -0.1) is 0 Å². The summed E-state index contributed by atoms with van der Waals surface area (Å²) in [7, 11) is 1.43. The van der Waals surface area contributed by atoms with Crippen molar-refractivity contribution in [1.82, 2.24) is 10.7 Å². The zero-order chi connectivity index (χ0) is 29.1. The molecule has 0 aromatic heterocycles. The van der Waals surface area contributed by atoms with E-state index in [9.17, 15) is 18.8 Å². The van der Waals surface area contributed by atoms with Crippen molar-refractivity contribution in [3.8, 4) is 11.5 Å². The van der Waals surface area contributed by atoms with E-state index in [0.717, 1.165) is 0 Å². The highest BCUT2D eigenvalue weighted by Gasteiger charge is 2.22. The van der Waals surface area contributed by atoms with Crippen molar-refractivity contribution >= 4 is 41.2 Å². The fraction of sp³-hybridized carbons (Fsp3) is 0.241. The predicted octanol–water partition coefficient (Wildman–Crippen LogP) is 4.80. The maximum Gasteiger partial charge on any atom is 0.262 e. The van der Waals surface area contributed by atoms with E-state index in [1.54, 1.807) is 48.5 Å². The van der Waals surface area contributed by atoms with E-state index in [1.807, 2.05) is 13.8 Å². The maximum absolute atomic E-state index is 13.7. The normalized spacial score (nSPS) is 11.7. The number of hydrogen-bond donors (Lipinski definition) is 3. The van der Waals surface area contributed by atoms with Gasteiger partial charge in [0.15, 0.2) is 18.1 Å². The quantitative estimate of drug-likeness (QED) is 0.214. The average molecular weight is 569 g/mol. The molecular weight excluding hydrogens is 539 g/mol. The predicted molar refractivity (Wildman–Crippen MR) is 151 cm³/mol. The number of nitrogens with one attached hydrogen (secondary N) is 3. The van der Waals surface area contributed by atoms with Crippen LogP contribution in [0.5, 0.6) is 11.5 Å². The minimum absolute atomic E-state index is 0.0526. The van der Waals surface area contributed by atoms with Gasteiger partial charge in [0.1, 0.15) is 11.9 Å². The van der Waals surface area contributed by atoms with Crippen LogP contribution in [0.4, 0.5) is 10.1 Å². The van der Waals surface area contributed by atoms with Crippen LogP contribution >= 0.6 is 11.6 Å². The van der Waals surface area contributed by atoms with Crippen molar-refractivity contribution in [2.24, 2.45) is 11.0 Å². The van der Waals surface area contributed by atoms with Crippen molar-refractivity contribution in [3.63, 3.8) is 0 Å². The molecule has 0 radical (unpaired) electrons. The number of carbonyl (C=O) groups is 3. The molecule has 9 nitrogen and oxygen atoms in total. The molecule has 0 bridgehead atoms. The molecule has 3 rings (SSSR count). The van der Waals surface area contributed by atoms with E-state index < -0.39 is 29.6 Å². The monoisotopic (exact) mass is 568 g/mol. The summed E-state index contributed by atoms with van der Waals surface area (Å²) in [5.41, 5.74) is 3.47. The molecule has 11 heteroatoms. The molecule has 0 spiro atoms. The Morgan fingerprint density at radius 1 is 1.02 bits per heavy atom. The van der Waals surface area contributed by atoms with Crippen LogP contribution in [0.25, 0.3) is 0 Å². The highest BCUT2D eigenvalue weighted by molar-refractivity contribution is 6.30. The molecule has 0 aliphatic carbocycles. The Morgan fingerprint density at radius 2 is 1.75 bits per heavy atom. The van der Waals surface area contributed by atoms with Crippen LogP contribution in [-0.4, -0.2) is 43.7 Å². The third-order valence-electron chi connectivity index (χ3n) is 5.52. The number of benzene rings is 3. The summed E-state index contributed by atoms with van der Waals surface area (Å²) in [6.45, 7) is 3.52. The third-order valence-corrected chi connectivity index (χ3v) is 5.77. The zero-order valence-corrected chi connectivity index (χ0v) is 23.0. The Hall–Kier alpha value is -4.44. The fourth-order valence-electron chi connectivity index (χ4n) is 3.57. The van der Waals surface area contributed by atoms with E-state index in [4.69, 9.17) is 21.1 Å². The lowest BCUT2D eigenvalue weighted by Crippen LogP contribution is -2.46. The van der Waals surface area contributed by atoms with Crippen LogP contribution in [0.15, 0.2) is 71.8 Å². The van der Waals surface area contributed by atoms with Gasteiger partial charge in [0.05, 0.1) is 19.0 Å². The van der Waals surface area contributed by atoms with Gasteiger partial charge in [0.2, 0.25) is 0 Å².